The number of alkyl halides is 3. The van der Waals surface area contributed by atoms with Gasteiger partial charge in [-0.2, -0.15) is 18.3 Å². The minimum Gasteiger partial charge on any atom is -0.443 e. The van der Waals surface area contributed by atoms with Gasteiger partial charge in [0.25, 0.3) is 0 Å². The van der Waals surface area contributed by atoms with E-state index in [0.29, 0.717) is 50.3 Å². The third-order valence-electron chi connectivity index (χ3n) is 6.00. The van der Waals surface area contributed by atoms with Gasteiger partial charge in [0.1, 0.15) is 17.2 Å². The molecule has 1 saturated heterocycles. The monoisotopic (exact) mass is 556 g/mol. The minimum absolute atomic E-state index is 0.159. The smallest absolute Gasteiger partial charge is 0.416 e. The van der Waals surface area contributed by atoms with Crippen LogP contribution in [0, 0.1) is 6.92 Å². The number of azo groups is 1. The quantitative estimate of drug-likeness (QED) is 0.318. The Morgan fingerprint density at radius 1 is 1.07 bits per heavy atom. The van der Waals surface area contributed by atoms with Crippen LogP contribution in [0.1, 0.15) is 36.4 Å². The second-order valence-electron chi connectivity index (χ2n) is 10.0. The maximum atomic E-state index is 12.8. The van der Waals surface area contributed by atoms with Crippen LogP contribution in [0.3, 0.4) is 0 Å². The van der Waals surface area contributed by atoms with Crippen molar-refractivity contribution < 1.29 is 27.4 Å². The molecule has 1 aliphatic rings. The summed E-state index contributed by atoms with van der Waals surface area (Å²) in [5.41, 5.74) is 0.484. The molecular weight excluding hydrogens is 525 g/mol. The second kappa shape index (κ2) is 12.4. The molecule has 40 heavy (non-hydrogen) atoms. The first-order valence-corrected chi connectivity index (χ1v) is 12.8. The van der Waals surface area contributed by atoms with E-state index in [9.17, 15) is 18.0 Å². The van der Waals surface area contributed by atoms with Crippen molar-refractivity contribution in [3.05, 3.63) is 77.1 Å². The van der Waals surface area contributed by atoms with Crippen molar-refractivity contribution in [2.24, 2.45) is 10.2 Å². The highest BCUT2D eigenvalue weighted by molar-refractivity contribution is 5.84. The zero-order chi connectivity index (χ0) is 28.8. The summed E-state index contributed by atoms with van der Waals surface area (Å²) in [6.45, 7) is 8.26. The molecule has 1 aromatic heterocycles. The van der Waals surface area contributed by atoms with E-state index in [1.807, 2.05) is 31.2 Å². The Labute approximate surface area is 230 Å². The number of hydrogen-bond acceptors (Lipinski definition) is 8. The summed E-state index contributed by atoms with van der Waals surface area (Å²) >= 11 is 0. The van der Waals surface area contributed by atoms with Crippen molar-refractivity contribution in [3.8, 4) is 0 Å². The van der Waals surface area contributed by atoms with Crippen molar-refractivity contribution in [1.82, 2.24) is 9.97 Å². The number of aryl methyl sites for hydroxylation is 1. The van der Waals surface area contributed by atoms with E-state index >= 15 is 0 Å². The Balaban J connectivity index is 1.46. The summed E-state index contributed by atoms with van der Waals surface area (Å²) in [5.74, 6) is 1.45. The number of hydrogen-bond donors (Lipinski definition) is 1. The predicted octanol–water partition coefficient (Wildman–Crippen LogP) is 6.49. The molecule has 1 amide bonds. The maximum absolute atomic E-state index is 12.8. The fourth-order valence-electron chi connectivity index (χ4n) is 4.11. The first-order valence-electron chi connectivity index (χ1n) is 12.8. The molecule has 1 fully saturated rings. The summed E-state index contributed by atoms with van der Waals surface area (Å²) in [5, 5.41) is 11.1. The Kier molecular flexibility index (Phi) is 8.98. The number of nitrogens with one attached hydrogen (secondary N) is 1. The number of halogens is 3. The molecule has 2 aromatic carbocycles. The zero-order valence-electron chi connectivity index (χ0n) is 22.5. The summed E-state index contributed by atoms with van der Waals surface area (Å²) < 4.78 is 49.4. The van der Waals surface area contributed by atoms with Gasteiger partial charge >= 0.3 is 12.3 Å². The maximum Gasteiger partial charge on any atom is 0.416 e. The van der Waals surface area contributed by atoms with Crippen LogP contribution in [0.5, 0.6) is 0 Å². The van der Waals surface area contributed by atoms with Crippen LogP contribution >= 0.6 is 0 Å². The molecule has 212 valence electrons. The van der Waals surface area contributed by atoms with Crippen molar-refractivity contribution in [2.75, 3.05) is 36.5 Å². The number of rotatable bonds is 8. The Morgan fingerprint density at radius 2 is 1.80 bits per heavy atom. The Bertz CT molecular complexity index is 1340. The molecular formula is C28H31F3N6O3. The standard InChI is InChI=1S/C28H31F3N6O3/c1-19-5-4-6-20(15-19)18-32-36-23-16-25(37-11-13-39-14-12-37)35-24(34-23)17-27(2,3)40-26(38)33-22-9-7-21(8-10-22)28(29,30)31/h4-10,15-16H,11-14,17-18H2,1-3H3,(H,33,38). The largest absolute Gasteiger partial charge is 0.443 e. The average Bonchev–Trinajstić information content (AvgIpc) is 2.88. The molecule has 0 atom stereocenters. The van der Waals surface area contributed by atoms with Crippen LogP contribution in [0.2, 0.25) is 0 Å². The lowest BCUT2D eigenvalue weighted by molar-refractivity contribution is -0.137. The average molecular weight is 557 g/mol. The first-order chi connectivity index (χ1) is 19.0. The Hall–Kier alpha value is -4.06. The molecule has 1 aliphatic heterocycles. The summed E-state index contributed by atoms with van der Waals surface area (Å²) in [6, 6.07) is 13.9. The molecule has 0 unspecified atom stereocenters. The van der Waals surface area contributed by atoms with Gasteiger partial charge in [0.2, 0.25) is 0 Å². The molecule has 0 aliphatic carbocycles. The number of aromatic nitrogens is 2. The molecule has 0 radical (unpaired) electrons. The van der Waals surface area contributed by atoms with Crippen LogP contribution < -0.4 is 10.2 Å². The van der Waals surface area contributed by atoms with Crippen LogP contribution in [-0.2, 0) is 28.6 Å². The van der Waals surface area contributed by atoms with Gasteiger partial charge in [-0.15, -0.1) is 5.11 Å². The van der Waals surface area contributed by atoms with E-state index in [4.69, 9.17) is 9.47 Å². The van der Waals surface area contributed by atoms with Crippen molar-refractivity contribution in [2.45, 2.75) is 45.5 Å². The minimum atomic E-state index is -4.46. The molecule has 3 aromatic rings. The third kappa shape index (κ3) is 8.47. The van der Waals surface area contributed by atoms with E-state index < -0.39 is 23.4 Å². The molecule has 0 saturated carbocycles. The highest BCUT2D eigenvalue weighted by Gasteiger charge is 2.30. The predicted molar refractivity (Wildman–Crippen MR) is 144 cm³/mol. The zero-order valence-corrected chi connectivity index (χ0v) is 22.5. The fourth-order valence-corrected chi connectivity index (χ4v) is 4.11. The topological polar surface area (TPSA) is 101 Å². The van der Waals surface area contributed by atoms with E-state index in [0.717, 1.165) is 23.3 Å². The van der Waals surface area contributed by atoms with Crippen LogP contribution in [0.15, 0.2) is 64.8 Å². The molecule has 0 bridgehead atoms. The normalized spacial score (nSPS) is 14.4. The highest BCUT2D eigenvalue weighted by atomic mass is 19.4. The van der Waals surface area contributed by atoms with Crippen LogP contribution in [-0.4, -0.2) is 48.0 Å². The van der Waals surface area contributed by atoms with Gasteiger partial charge in [0.05, 0.1) is 25.3 Å². The van der Waals surface area contributed by atoms with E-state index in [1.54, 1.807) is 19.9 Å². The summed E-state index contributed by atoms with van der Waals surface area (Å²) in [7, 11) is 0. The Morgan fingerprint density at radius 3 is 2.48 bits per heavy atom. The number of nitrogens with zero attached hydrogens (tertiary/aromatic N) is 5. The molecule has 0 spiro atoms. The molecule has 1 N–H and O–H groups in total. The number of carbonyl (C=O) groups excluding carboxylic acids is 1. The number of ether oxygens (including phenoxy) is 2. The number of morpholine rings is 1. The lowest BCUT2D eigenvalue weighted by atomic mass is 10.0. The summed E-state index contributed by atoms with van der Waals surface area (Å²) in [6.07, 6.45) is -5.12. The van der Waals surface area contributed by atoms with E-state index in [-0.39, 0.29) is 12.1 Å². The van der Waals surface area contributed by atoms with Crippen molar-refractivity contribution >= 4 is 23.4 Å². The van der Waals surface area contributed by atoms with Gasteiger partial charge in [0.15, 0.2) is 5.82 Å². The van der Waals surface area contributed by atoms with Gasteiger partial charge in [-0.1, -0.05) is 29.8 Å². The van der Waals surface area contributed by atoms with Gasteiger partial charge < -0.3 is 14.4 Å². The van der Waals surface area contributed by atoms with Gasteiger partial charge in [-0.05, 0) is 50.6 Å². The molecule has 12 heteroatoms. The second-order valence-corrected chi connectivity index (χ2v) is 10.0. The number of benzene rings is 2. The lowest BCUT2D eigenvalue weighted by Crippen LogP contribution is -2.37. The third-order valence-corrected chi connectivity index (χ3v) is 6.00. The van der Waals surface area contributed by atoms with Crippen LogP contribution in [0.25, 0.3) is 0 Å². The summed E-state index contributed by atoms with van der Waals surface area (Å²) in [4.78, 5) is 23.8. The molecule has 9 nitrogen and oxygen atoms in total. The fraction of sp³-hybridized carbons (Fsp3) is 0.393. The number of carbonyl (C=O) groups is 1. The van der Waals surface area contributed by atoms with E-state index in [2.05, 4.69) is 30.4 Å². The van der Waals surface area contributed by atoms with Crippen molar-refractivity contribution in [3.63, 3.8) is 0 Å². The molecule has 4 rings (SSSR count). The van der Waals surface area contributed by atoms with Crippen molar-refractivity contribution in [1.29, 1.82) is 0 Å². The highest BCUT2D eigenvalue weighted by Crippen LogP contribution is 2.30. The first kappa shape index (κ1) is 28.9. The van der Waals surface area contributed by atoms with Gasteiger partial charge in [-0.3, -0.25) is 5.32 Å². The van der Waals surface area contributed by atoms with Gasteiger partial charge in [-0.25, -0.2) is 14.8 Å². The number of amides is 1. The SMILES string of the molecule is Cc1cccc(CN=Nc2cc(N3CCOCC3)nc(CC(C)(C)OC(=O)Nc3ccc(C(F)(F)F)cc3)n2)c1. The van der Waals surface area contributed by atoms with Gasteiger partial charge in [0, 0.05) is 31.3 Å². The van der Waals surface area contributed by atoms with E-state index in [1.165, 1.54) is 12.1 Å². The number of anilines is 2. The lowest BCUT2D eigenvalue weighted by Gasteiger charge is -2.29. The van der Waals surface area contributed by atoms with Crippen LogP contribution in [0.4, 0.5) is 35.3 Å². The molecule has 2 heterocycles.